The number of methoxy groups -OCH3 is 3. The van der Waals surface area contributed by atoms with Crippen molar-refractivity contribution in [3.05, 3.63) is 87.9 Å². The third-order valence-electron chi connectivity index (χ3n) is 6.38. The molecule has 1 amide bonds. The first kappa shape index (κ1) is 26.2. The van der Waals surface area contributed by atoms with Crippen LogP contribution in [0.4, 0.5) is 17.3 Å². The number of carbonyl (C=O) groups excluding carboxylic acids is 1. The number of hydrogen-bond donors (Lipinski definition) is 2. The number of allylic oxidation sites excluding steroid dienone is 1. The first-order valence-corrected chi connectivity index (χ1v) is 12.0. The molecule has 1 atom stereocenters. The molecule has 204 valence electrons. The number of nitro groups is 1. The number of ether oxygens (including phenoxy) is 3. The van der Waals surface area contributed by atoms with E-state index in [2.05, 4.69) is 20.6 Å². The van der Waals surface area contributed by atoms with Crippen LogP contribution in [0.15, 0.2) is 72.2 Å². The Bertz CT molecular complexity index is 1620. The molecule has 2 N–H and O–H groups in total. The number of hydrogen-bond acceptors (Lipinski definition) is 10. The average Bonchev–Trinajstić information content (AvgIpc) is 3.39. The van der Waals surface area contributed by atoms with E-state index in [0.717, 1.165) is 0 Å². The van der Waals surface area contributed by atoms with Crippen molar-refractivity contribution in [2.45, 2.75) is 13.0 Å². The molecule has 40 heavy (non-hydrogen) atoms. The number of nitrogens with one attached hydrogen (secondary N) is 2. The molecule has 13 nitrogen and oxygen atoms in total. The molecule has 4 aromatic rings. The van der Waals surface area contributed by atoms with Crippen LogP contribution in [0.5, 0.6) is 17.2 Å². The van der Waals surface area contributed by atoms with E-state index in [9.17, 15) is 14.9 Å². The van der Waals surface area contributed by atoms with Gasteiger partial charge in [-0.25, -0.2) is 4.68 Å². The maximum absolute atomic E-state index is 13.8. The van der Waals surface area contributed by atoms with Crippen molar-refractivity contribution in [3.63, 3.8) is 0 Å². The number of nitro benzene ring substituents is 1. The average molecular weight is 544 g/mol. The number of non-ortho nitro benzene ring substituents is 1. The Labute approximate surface area is 228 Å². The zero-order valence-corrected chi connectivity index (χ0v) is 22.0. The number of carbonyl (C=O) groups is 1. The van der Waals surface area contributed by atoms with Crippen LogP contribution in [0.2, 0.25) is 0 Å². The Morgan fingerprint density at radius 2 is 1.75 bits per heavy atom. The van der Waals surface area contributed by atoms with Gasteiger partial charge in [-0.05, 0) is 37.3 Å². The largest absolute Gasteiger partial charge is 0.496 e. The van der Waals surface area contributed by atoms with E-state index in [1.807, 2.05) is 0 Å². The number of amides is 1. The lowest BCUT2D eigenvalue weighted by molar-refractivity contribution is -0.384. The van der Waals surface area contributed by atoms with Gasteiger partial charge in [0.15, 0.2) is 17.3 Å². The summed E-state index contributed by atoms with van der Waals surface area (Å²) in [6, 6.07) is 12.0. The minimum absolute atomic E-state index is 0.0503. The fraction of sp³-hybridized carbons (Fsp3) is 0.185. The molecule has 0 aliphatic carbocycles. The second kappa shape index (κ2) is 10.7. The first-order chi connectivity index (χ1) is 19.3. The fourth-order valence-electron chi connectivity index (χ4n) is 4.49. The fourth-order valence-corrected chi connectivity index (χ4v) is 4.49. The zero-order chi connectivity index (χ0) is 28.4. The Kier molecular flexibility index (Phi) is 7.01. The van der Waals surface area contributed by atoms with Gasteiger partial charge in [0.25, 0.3) is 11.6 Å². The van der Waals surface area contributed by atoms with Crippen molar-refractivity contribution in [1.29, 1.82) is 0 Å². The summed E-state index contributed by atoms with van der Waals surface area (Å²) in [6.07, 6.45) is 3.16. The van der Waals surface area contributed by atoms with E-state index >= 15 is 0 Å². The summed E-state index contributed by atoms with van der Waals surface area (Å²) in [5.74, 6) is 1.60. The molecule has 0 radical (unpaired) electrons. The molecule has 1 unspecified atom stereocenters. The van der Waals surface area contributed by atoms with Crippen LogP contribution >= 0.6 is 0 Å². The standard InChI is InChI=1S/C27H25N7O6/c1-15-23(26(35)30-17-6-5-11-28-14-17)24(19-12-21(39-3)22(40-4)13-20(19)38-2)33-27(29-15)31-25(32-33)16-7-9-18(10-8-16)34(36)37/h5-14,24H,1-4H3,(H,30,35)(H,29,31,32). The predicted molar refractivity (Wildman–Crippen MR) is 146 cm³/mol. The number of benzene rings is 2. The van der Waals surface area contributed by atoms with E-state index in [4.69, 9.17) is 19.3 Å². The maximum Gasteiger partial charge on any atom is 0.269 e. The SMILES string of the molecule is COc1cc(OC)c(C2C(C(=O)Nc3cccnc3)=C(C)Nc3nc(-c4ccc([N+](=O)[O-])cc4)nn32)cc1OC. The number of aromatic nitrogens is 4. The number of rotatable bonds is 8. The van der Waals surface area contributed by atoms with Crippen LogP contribution in [0, 0.1) is 10.1 Å². The Balaban J connectivity index is 1.67. The highest BCUT2D eigenvalue weighted by Gasteiger charge is 2.37. The Hall–Kier alpha value is -5.46. The van der Waals surface area contributed by atoms with Gasteiger partial charge in [0.1, 0.15) is 11.8 Å². The molecular formula is C27H25N7O6. The number of anilines is 2. The molecule has 1 aliphatic rings. The highest BCUT2D eigenvalue weighted by molar-refractivity contribution is 6.06. The Morgan fingerprint density at radius 3 is 2.38 bits per heavy atom. The van der Waals surface area contributed by atoms with Gasteiger partial charge in [0, 0.05) is 41.2 Å². The van der Waals surface area contributed by atoms with E-state index in [1.165, 1.54) is 33.5 Å². The summed E-state index contributed by atoms with van der Waals surface area (Å²) < 4.78 is 18.3. The summed E-state index contributed by atoms with van der Waals surface area (Å²) in [5, 5.41) is 21.9. The van der Waals surface area contributed by atoms with Crippen molar-refractivity contribution in [2.24, 2.45) is 0 Å². The lowest BCUT2D eigenvalue weighted by atomic mass is 9.93. The maximum atomic E-state index is 13.8. The quantitative estimate of drug-likeness (QED) is 0.244. The van der Waals surface area contributed by atoms with Gasteiger partial charge in [0.05, 0.1) is 43.7 Å². The third-order valence-corrected chi connectivity index (χ3v) is 6.38. The molecule has 5 rings (SSSR count). The van der Waals surface area contributed by atoms with Crippen molar-refractivity contribution < 1.29 is 23.9 Å². The molecule has 3 heterocycles. The van der Waals surface area contributed by atoms with E-state index in [0.29, 0.717) is 57.1 Å². The molecule has 13 heteroatoms. The Morgan fingerprint density at radius 1 is 1.05 bits per heavy atom. The van der Waals surface area contributed by atoms with Crippen LogP contribution in [0.25, 0.3) is 11.4 Å². The minimum Gasteiger partial charge on any atom is -0.496 e. The molecule has 2 aromatic heterocycles. The summed E-state index contributed by atoms with van der Waals surface area (Å²) in [6.45, 7) is 1.77. The highest BCUT2D eigenvalue weighted by Crippen LogP contribution is 2.44. The van der Waals surface area contributed by atoms with Crippen molar-refractivity contribution in [3.8, 4) is 28.6 Å². The molecule has 0 fully saturated rings. The lowest BCUT2D eigenvalue weighted by Gasteiger charge is -2.30. The van der Waals surface area contributed by atoms with Gasteiger partial charge >= 0.3 is 0 Å². The van der Waals surface area contributed by atoms with Crippen molar-refractivity contribution in [1.82, 2.24) is 19.7 Å². The normalized spacial score (nSPS) is 14.2. The van der Waals surface area contributed by atoms with Crippen molar-refractivity contribution in [2.75, 3.05) is 32.0 Å². The minimum atomic E-state index is -0.804. The van der Waals surface area contributed by atoms with Gasteiger partial charge in [0.2, 0.25) is 5.95 Å². The van der Waals surface area contributed by atoms with Crippen LogP contribution in [0.1, 0.15) is 18.5 Å². The summed E-state index contributed by atoms with van der Waals surface area (Å²) in [7, 11) is 4.55. The van der Waals surface area contributed by atoms with E-state index in [1.54, 1.807) is 60.4 Å². The molecule has 0 saturated carbocycles. The lowest BCUT2D eigenvalue weighted by Crippen LogP contribution is -2.31. The second-order valence-electron chi connectivity index (χ2n) is 8.72. The monoisotopic (exact) mass is 543 g/mol. The van der Waals surface area contributed by atoms with Gasteiger partial charge in [-0.3, -0.25) is 19.9 Å². The van der Waals surface area contributed by atoms with Crippen LogP contribution in [0.3, 0.4) is 0 Å². The van der Waals surface area contributed by atoms with Gasteiger partial charge < -0.3 is 24.8 Å². The first-order valence-electron chi connectivity index (χ1n) is 12.0. The smallest absolute Gasteiger partial charge is 0.269 e. The molecule has 0 saturated heterocycles. The van der Waals surface area contributed by atoms with Gasteiger partial charge in [-0.1, -0.05) is 0 Å². The van der Waals surface area contributed by atoms with Crippen molar-refractivity contribution >= 4 is 23.2 Å². The summed E-state index contributed by atoms with van der Waals surface area (Å²) >= 11 is 0. The molecule has 2 aromatic carbocycles. The summed E-state index contributed by atoms with van der Waals surface area (Å²) in [4.78, 5) is 33.1. The van der Waals surface area contributed by atoms with Gasteiger partial charge in [-0.2, -0.15) is 4.98 Å². The highest BCUT2D eigenvalue weighted by atomic mass is 16.6. The third kappa shape index (κ3) is 4.75. The van der Waals surface area contributed by atoms with Gasteiger partial charge in [-0.15, -0.1) is 5.10 Å². The molecule has 1 aliphatic heterocycles. The number of fused-ring (bicyclic) bond motifs is 1. The molecule has 0 spiro atoms. The number of nitrogens with zero attached hydrogens (tertiary/aromatic N) is 5. The topological polar surface area (TPSA) is 156 Å². The zero-order valence-electron chi connectivity index (χ0n) is 22.0. The molecule has 0 bridgehead atoms. The van der Waals surface area contributed by atoms with E-state index in [-0.39, 0.29) is 5.69 Å². The summed E-state index contributed by atoms with van der Waals surface area (Å²) in [5.41, 5.74) is 2.48. The second-order valence-corrected chi connectivity index (χ2v) is 8.72. The van der Waals surface area contributed by atoms with Crippen LogP contribution in [-0.4, -0.2) is 51.9 Å². The number of pyridine rings is 1. The predicted octanol–water partition coefficient (Wildman–Crippen LogP) is 4.20. The van der Waals surface area contributed by atoms with Crippen LogP contribution in [-0.2, 0) is 4.79 Å². The van der Waals surface area contributed by atoms with E-state index < -0.39 is 16.9 Å². The molecular weight excluding hydrogens is 518 g/mol. The van der Waals surface area contributed by atoms with Crippen LogP contribution < -0.4 is 24.8 Å².